The Labute approximate surface area is 171 Å². The number of hydrogen-bond donors (Lipinski definition) is 0. The SMILES string of the molecule is CCS(=O)(=O)c1cc(OC(C)C)cnc1-c1nc2cc(SC(F)F)ncc2n1C. The fourth-order valence-electron chi connectivity index (χ4n) is 2.76. The molecule has 0 saturated heterocycles. The van der Waals surface area contributed by atoms with Gasteiger partial charge >= 0.3 is 0 Å². The molecule has 3 aromatic rings. The predicted octanol–water partition coefficient (Wildman–Crippen LogP) is 3.93. The standard InChI is InChI=1S/C18H20F2N4O3S2/c1-5-29(25,26)14-6-11(27-10(2)3)8-22-16(14)17-23-12-7-15(28-18(19)20)21-9-13(12)24(17)4/h6-10,18H,5H2,1-4H3. The van der Waals surface area contributed by atoms with Gasteiger partial charge in [-0.1, -0.05) is 6.92 Å². The summed E-state index contributed by atoms with van der Waals surface area (Å²) in [5, 5.41) is 0.132. The molecule has 0 fully saturated rings. The summed E-state index contributed by atoms with van der Waals surface area (Å²) in [7, 11) is -1.94. The maximum absolute atomic E-state index is 12.7. The Hall–Kier alpha value is -2.27. The molecule has 0 amide bonds. The summed E-state index contributed by atoms with van der Waals surface area (Å²) in [5.41, 5.74) is 1.16. The highest BCUT2D eigenvalue weighted by atomic mass is 32.2. The third kappa shape index (κ3) is 4.50. The van der Waals surface area contributed by atoms with Crippen LogP contribution in [0.4, 0.5) is 8.78 Å². The van der Waals surface area contributed by atoms with E-state index in [-0.39, 0.29) is 27.5 Å². The van der Waals surface area contributed by atoms with Crippen molar-refractivity contribution >= 4 is 32.6 Å². The van der Waals surface area contributed by atoms with Crippen LogP contribution in [0.15, 0.2) is 34.4 Å². The van der Waals surface area contributed by atoms with Gasteiger partial charge in [0.1, 0.15) is 21.4 Å². The Morgan fingerprint density at radius 2 is 1.93 bits per heavy atom. The van der Waals surface area contributed by atoms with Crippen LogP contribution in [0.25, 0.3) is 22.6 Å². The summed E-state index contributed by atoms with van der Waals surface area (Å²) >= 11 is 0.321. The average molecular weight is 443 g/mol. The lowest BCUT2D eigenvalue weighted by atomic mass is 10.3. The van der Waals surface area contributed by atoms with Crippen LogP contribution in [-0.4, -0.2) is 45.6 Å². The lowest BCUT2D eigenvalue weighted by Gasteiger charge is -2.13. The molecule has 0 aliphatic carbocycles. The van der Waals surface area contributed by atoms with Crippen molar-refractivity contribution in [2.45, 2.75) is 42.6 Å². The molecule has 0 radical (unpaired) electrons. The van der Waals surface area contributed by atoms with E-state index in [4.69, 9.17) is 4.74 Å². The molecule has 156 valence electrons. The highest BCUT2D eigenvalue weighted by molar-refractivity contribution is 7.99. The van der Waals surface area contributed by atoms with Gasteiger partial charge in [0.2, 0.25) is 0 Å². The highest BCUT2D eigenvalue weighted by Crippen LogP contribution is 2.32. The zero-order valence-corrected chi connectivity index (χ0v) is 17.9. The molecule has 7 nitrogen and oxygen atoms in total. The van der Waals surface area contributed by atoms with Crippen molar-refractivity contribution in [3.8, 4) is 17.3 Å². The number of aromatic nitrogens is 4. The topological polar surface area (TPSA) is 87.0 Å². The summed E-state index contributed by atoms with van der Waals surface area (Å²) in [6, 6.07) is 2.89. The summed E-state index contributed by atoms with van der Waals surface area (Å²) in [4.78, 5) is 12.8. The summed E-state index contributed by atoms with van der Waals surface area (Å²) < 4.78 is 57.9. The zero-order chi connectivity index (χ0) is 21.3. The van der Waals surface area contributed by atoms with E-state index in [2.05, 4.69) is 15.0 Å². The fourth-order valence-corrected chi connectivity index (χ4v) is 4.28. The van der Waals surface area contributed by atoms with Gasteiger partial charge in [0.25, 0.3) is 5.76 Å². The molecule has 0 saturated carbocycles. The second-order valence-electron chi connectivity index (χ2n) is 6.47. The molecule has 0 atom stereocenters. The van der Waals surface area contributed by atoms with Crippen molar-refractivity contribution in [3.05, 3.63) is 24.5 Å². The van der Waals surface area contributed by atoms with E-state index in [1.807, 2.05) is 13.8 Å². The molecule has 3 aromatic heterocycles. The highest BCUT2D eigenvalue weighted by Gasteiger charge is 2.24. The van der Waals surface area contributed by atoms with Gasteiger partial charge in [0, 0.05) is 13.1 Å². The minimum atomic E-state index is -3.63. The van der Waals surface area contributed by atoms with Gasteiger partial charge in [-0.15, -0.1) is 0 Å². The van der Waals surface area contributed by atoms with Crippen LogP contribution in [0.1, 0.15) is 20.8 Å². The van der Waals surface area contributed by atoms with Crippen molar-refractivity contribution < 1.29 is 21.9 Å². The minimum absolute atomic E-state index is 0.00620. The van der Waals surface area contributed by atoms with E-state index in [9.17, 15) is 17.2 Å². The van der Waals surface area contributed by atoms with E-state index < -0.39 is 15.6 Å². The maximum atomic E-state index is 12.7. The summed E-state index contributed by atoms with van der Waals surface area (Å²) in [6.45, 7) is 5.20. The first-order chi connectivity index (χ1) is 13.6. The lowest BCUT2D eigenvalue weighted by molar-refractivity contribution is 0.241. The summed E-state index contributed by atoms with van der Waals surface area (Å²) in [5.74, 6) is -2.08. The molecule has 0 N–H and O–H groups in total. The Bertz CT molecular complexity index is 1150. The fraction of sp³-hybridized carbons (Fsp3) is 0.389. The monoisotopic (exact) mass is 442 g/mol. The minimum Gasteiger partial charge on any atom is -0.489 e. The van der Waals surface area contributed by atoms with E-state index in [1.165, 1.54) is 24.5 Å². The predicted molar refractivity (Wildman–Crippen MR) is 107 cm³/mol. The average Bonchev–Trinajstić information content (AvgIpc) is 2.96. The van der Waals surface area contributed by atoms with Crippen molar-refractivity contribution in [3.63, 3.8) is 0 Å². The molecular formula is C18H20F2N4O3S2. The van der Waals surface area contributed by atoms with Crippen LogP contribution in [0.3, 0.4) is 0 Å². The Balaban J connectivity index is 2.18. The van der Waals surface area contributed by atoms with Crippen LogP contribution in [0.5, 0.6) is 5.75 Å². The van der Waals surface area contributed by atoms with Gasteiger partial charge in [0.15, 0.2) is 15.7 Å². The van der Waals surface area contributed by atoms with E-state index in [0.29, 0.717) is 34.4 Å². The number of hydrogen-bond acceptors (Lipinski definition) is 7. The normalized spacial score (nSPS) is 12.3. The number of alkyl halides is 2. The zero-order valence-electron chi connectivity index (χ0n) is 16.3. The molecule has 29 heavy (non-hydrogen) atoms. The molecule has 0 unspecified atom stereocenters. The number of sulfone groups is 1. The molecule has 0 spiro atoms. The van der Waals surface area contributed by atoms with Crippen molar-refractivity contribution in [1.82, 2.24) is 19.5 Å². The Morgan fingerprint density at radius 3 is 2.55 bits per heavy atom. The molecular weight excluding hydrogens is 422 g/mol. The molecule has 3 rings (SSSR count). The van der Waals surface area contributed by atoms with Crippen LogP contribution >= 0.6 is 11.8 Å². The number of thioether (sulfide) groups is 1. The Kier molecular flexibility index (Phi) is 6.08. The van der Waals surface area contributed by atoms with Crippen LogP contribution < -0.4 is 4.74 Å². The van der Waals surface area contributed by atoms with Gasteiger partial charge in [-0.3, -0.25) is 0 Å². The van der Waals surface area contributed by atoms with Crippen LogP contribution in [0.2, 0.25) is 0 Å². The molecule has 3 heterocycles. The number of rotatable bonds is 7. The quantitative estimate of drug-likeness (QED) is 0.513. The number of nitrogens with zero attached hydrogens (tertiary/aromatic N) is 4. The first kappa shape index (κ1) is 21.4. The molecule has 0 aliphatic rings. The second-order valence-corrected chi connectivity index (χ2v) is 9.73. The summed E-state index contributed by atoms with van der Waals surface area (Å²) in [6.07, 6.45) is 2.73. The molecule has 11 heteroatoms. The van der Waals surface area contributed by atoms with Crippen molar-refractivity contribution in [1.29, 1.82) is 0 Å². The van der Waals surface area contributed by atoms with E-state index in [0.717, 1.165) is 0 Å². The Morgan fingerprint density at radius 1 is 1.21 bits per heavy atom. The molecule has 0 aromatic carbocycles. The van der Waals surface area contributed by atoms with Gasteiger partial charge in [-0.2, -0.15) is 8.78 Å². The number of ether oxygens (including phenoxy) is 1. The van der Waals surface area contributed by atoms with Gasteiger partial charge in [-0.25, -0.2) is 23.4 Å². The van der Waals surface area contributed by atoms with Crippen LogP contribution in [0, 0.1) is 0 Å². The maximum Gasteiger partial charge on any atom is 0.290 e. The lowest BCUT2D eigenvalue weighted by Crippen LogP contribution is -2.11. The van der Waals surface area contributed by atoms with Crippen molar-refractivity contribution in [2.75, 3.05) is 5.75 Å². The number of aryl methyl sites for hydroxylation is 1. The van der Waals surface area contributed by atoms with E-state index in [1.54, 1.807) is 18.5 Å². The number of fused-ring (bicyclic) bond motifs is 1. The van der Waals surface area contributed by atoms with Gasteiger partial charge in [0.05, 0.1) is 35.3 Å². The molecule has 0 aliphatic heterocycles. The van der Waals surface area contributed by atoms with Gasteiger partial charge in [-0.05, 0) is 31.7 Å². The first-order valence-electron chi connectivity index (χ1n) is 8.79. The third-order valence-electron chi connectivity index (χ3n) is 4.08. The number of imidazole rings is 1. The third-order valence-corrected chi connectivity index (χ3v) is 6.46. The smallest absolute Gasteiger partial charge is 0.290 e. The largest absolute Gasteiger partial charge is 0.489 e. The number of halogens is 2. The first-order valence-corrected chi connectivity index (χ1v) is 11.3. The molecule has 0 bridgehead atoms. The van der Waals surface area contributed by atoms with Crippen LogP contribution in [-0.2, 0) is 16.9 Å². The van der Waals surface area contributed by atoms with Crippen molar-refractivity contribution in [2.24, 2.45) is 7.05 Å². The van der Waals surface area contributed by atoms with Gasteiger partial charge < -0.3 is 9.30 Å². The van der Waals surface area contributed by atoms with E-state index >= 15 is 0 Å². The number of pyridine rings is 2. The second kappa shape index (κ2) is 8.23.